The van der Waals surface area contributed by atoms with Gasteiger partial charge in [-0.05, 0) is 45.0 Å². The number of ether oxygens (including phenoxy) is 2. The monoisotopic (exact) mass is 358 g/mol. The number of hydrogen-bond acceptors (Lipinski definition) is 4. The van der Waals surface area contributed by atoms with Gasteiger partial charge in [-0.25, -0.2) is 9.48 Å². The molecule has 1 atom stereocenters. The van der Waals surface area contributed by atoms with E-state index < -0.39 is 0 Å². The molecule has 0 bridgehead atoms. The van der Waals surface area contributed by atoms with E-state index in [1.54, 1.807) is 22.9 Å². The number of nitrogens with one attached hydrogen (secondary N) is 1. The molecule has 1 N–H and O–H groups in total. The van der Waals surface area contributed by atoms with Crippen LogP contribution in [0.25, 0.3) is 5.69 Å². The van der Waals surface area contributed by atoms with E-state index >= 15 is 0 Å². The highest BCUT2D eigenvalue weighted by atomic mass is 16.5. The Balaban J connectivity index is 1.64. The molecule has 0 spiro atoms. The average molecular weight is 358 g/mol. The van der Waals surface area contributed by atoms with Crippen molar-refractivity contribution in [3.63, 3.8) is 0 Å². The van der Waals surface area contributed by atoms with Gasteiger partial charge in [0.15, 0.2) is 0 Å². The van der Waals surface area contributed by atoms with Crippen LogP contribution in [0.4, 0.5) is 4.79 Å². The Kier molecular flexibility index (Phi) is 5.18. The molecular weight excluding hydrogens is 332 g/mol. The van der Waals surface area contributed by atoms with E-state index in [9.17, 15) is 4.79 Å². The molecule has 26 heavy (non-hydrogen) atoms. The van der Waals surface area contributed by atoms with Crippen molar-refractivity contribution < 1.29 is 14.3 Å². The summed E-state index contributed by atoms with van der Waals surface area (Å²) in [6.45, 7) is 7.69. The number of benzene rings is 1. The van der Waals surface area contributed by atoms with Gasteiger partial charge in [-0.15, -0.1) is 0 Å². The first-order valence-corrected chi connectivity index (χ1v) is 8.76. The number of rotatable bonds is 4. The minimum Gasteiger partial charge on any atom is -0.497 e. The zero-order chi connectivity index (χ0) is 18.7. The third-order valence-corrected chi connectivity index (χ3v) is 4.49. The first-order chi connectivity index (χ1) is 12.4. The van der Waals surface area contributed by atoms with Crippen LogP contribution in [-0.4, -0.2) is 53.1 Å². The molecule has 0 saturated carbocycles. The standard InChI is InChI=1S/C19H26N4O3/c1-14(21-18(24)22-9-10-26-19(2,3)13-22)15-11-20-23(12-15)16-5-7-17(25-4)8-6-16/h5-8,11-12,14H,9-10,13H2,1-4H3,(H,21,24). The Labute approximate surface area is 153 Å². The van der Waals surface area contributed by atoms with Gasteiger partial charge in [0, 0.05) is 18.3 Å². The van der Waals surface area contributed by atoms with Gasteiger partial charge in [-0.3, -0.25) is 0 Å². The molecule has 2 amide bonds. The maximum atomic E-state index is 12.5. The molecule has 2 heterocycles. The molecule has 0 radical (unpaired) electrons. The topological polar surface area (TPSA) is 68.6 Å². The van der Waals surface area contributed by atoms with E-state index in [4.69, 9.17) is 9.47 Å². The normalized spacial score (nSPS) is 17.6. The van der Waals surface area contributed by atoms with Crippen molar-refractivity contribution in [2.24, 2.45) is 0 Å². The lowest BCUT2D eigenvalue weighted by Crippen LogP contribution is -2.53. The minimum absolute atomic E-state index is 0.0777. The highest BCUT2D eigenvalue weighted by molar-refractivity contribution is 5.74. The van der Waals surface area contributed by atoms with E-state index in [-0.39, 0.29) is 17.7 Å². The van der Waals surface area contributed by atoms with Crippen molar-refractivity contribution in [1.82, 2.24) is 20.0 Å². The predicted octanol–water partition coefficient (Wildman–Crippen LogP) is 2.76. The summed E-state index contributed by atoms with van der Waals surface area (Å²) >= 11 is 0. The molecule has 1 aliphatic rings. The number of methoxy groups -OCH3 is 1. The van der Waals surface area contributed by atoms with E-state index in [2.05, 4.69) is 10.4 Å². The van der Waals surface area contributed by atoms with Gasteiger partial charge in [0.25, 0.3) is 0 Å². The van der Waals surface area contributed by atoms with Crippen molar-refractivity contribution in [1.29, 1.82) is 0 Å². The molecule has 1 unspecified atom stereocenters. The molecule has 0 aliphatic carbocycles. The Bertz CT molecular complexity index is 754. The minimum atomic E-state index is -0.307. The highest BCUT2D eigenvalue weighted by Crippen LogP contribution is 2.19. The largest absolute Gasteiger partial charge is 0.497 e. The summed E-state index contributed by atoms with van der Waals surface area (Å²) in [6, 6.07) is 7.44. The van der Waals surface area contributed by atoms with Gasteiger partial charge in [-0.2, -0.15) is 5.10 Å². The van der Waals surface area contributed by atoms with Gasteiger partial charge in [0.05, 0.1) is 43.8 Å². The molecular formula is C19H26N4O3. The number of carbonyl (C=O) groups excluding carboxylic acids is 1. The number of morpholine rings is 1. The second kappa shape index (κ2) is 7.37. The van der Waals surface area contributed by atoms with Gasteiger partial charge in [-0.1, -0.05) is 0 Å². The zero-order valence-electron chi connectivity index (χ0n) is 15.7. The highest BCUT2D eigenvalue weighted by Gasteiger charge is 2.30. The summed E-state index contributed by atoms with van der Waals surface area (Å²) < 4.78 is 12.6. The molecule has 1 aromatic heterocycles. The lowest BCUT2D eigenvalue weighted by Gasteiger charge is -2.38. The van der Waals surface area contributed by atoms with E-state index in [1.807, 2.05) is 51.2 Å². The first-order valence-electron chi connectivity index (χ1n) is 8.76. The molecule has 2 aromatic rings. The predicted molar refractivity (Wildman–Crippen MR) is 98.7 cm³/mol. The van der Waals surface area contributed by atoms with Crippen LogP contribution >= 0.6 is 0 Å². The van der Waals surface area contributed by atoms with E-state index in [0.29, 0.717) is 19.7 Å². The number of nitrogens with zero attached hydrogens (tertiary/aromatic N) is 3. The first kappa shape index (κ1) is 18.3. The zero-order valence-corrected chi connectivity index (χ0v) is 15.7. The average Bonchev–Trinajstić information content (AvgIpc) is 3.11. The summed E-state index contributed by atoms with van der Waals surface area (Å²) in [4.78, 5) is 14.3. The van der Waals surface area contributed by atoms with Crippen molar-refractivity contribution >= 4 is 6.03 Å². The number of amides is 2. The van der Waals surface area contributed by atoms with E-state index in [0.717, 1.165) is 17.0 Å². The van der Waals surface area contributed by atoms with Crippen molar-refractivity contribution in [3.05, 3.63) is 42.2 Å². The summed E-state index contributed by atoms with van der Waals surface area (Å²) in [6.07, 6.45) is 3.70. The molecule has 1 saturated heterocycles. The fourth-order valence-electron chi connectivity index (χ4n) is 2.99. The van der Waals surface area contributed by atoms with Crippen molar-refractivity contribution in [2.75, 3.05) is 26.8 Å². The van der Waals surface area contributed by atoms with Gasteiger partial charge in [0.1, 0.15) is 5.75 Å². The maximum Gasteiger partial charge on any atom is 0.318 e. The second-order valence-corrected chi connectivity index (χ2v) is 7.12. The van der Waals surface area contributed by atoms with Gasteiger partial charge < -0.3 is 19.7 Å². The third-order valence-electron chi connectivity index (χ3n) is 4.49. The van der Waals surface area contributed by atoms with Crippen molar-refractivity contribution in [2.45, 2.75) is 32.4 Å². The quantitative estimate of drug-likeness (QED) is 0.912. The Morgan fingerprint density at radius 3 is 2.73 bits per heavy atom. The molecule has 7 nitrogen and oxygen atoms in total. The van der Waals surface area contributed by atoms with Crippen LogP contribution in [0, 0.1) is 0 Å². The lowest BCUT2D eigenvalue weighted by atomic mass is 10.1. The third kappa shape index (κ3) is 4.16. The summed E-state index contributed by atoms with van der Waals surface area (Å²) in [5.74, 6) is 0.801. The summed E-state index contributed by atoms with van der Waals surface area (Å²) in [5.41, 5.74) is 1.57. The fraction of sp³-hybridized carbons (Fsp3) is 0.474. The van der Waals surface area contributed by atoms with Crippen LogP contribution in [0.3, 0.4) is 0 Å². The van der Waals surface area contributed by atoms with E-state index in [1.165, 1.54) is 0 Å². The van der Waals surface area contributed by atoms with Crippen LogP contribution in [-0.2, 0) is 4.74 Å². The van der Waals surface area contributed by atoms with Crippen LogP contribution in [0.15, 0.2) is 36.7 Å². The maximum absolute atomic E-state index is 12.5. The van der Waals surface area contributed by atoms with Crippen LogP contribution < -0.4 is 10.1 Å². The smallest absolute Gasteiger partial charge is 0.318 e. The number of hydrogen-bond donors (Lipinski definition) is 1. The second-order valence-electron chi connectivity index (χ2n) is 7.12. The van der Waals surface area contributed by atoms with Crippen molar-refractivity contribution in [3.8, 4) is 11.4 Å². The van der Waals surface area contributed by atoms with Crippen LogP contribution in [0.2, 0.25) is 0 Å². The van der Waals surface area contributed by atoms with Crippen LogP contribution in [0.1, 0.15) is 32.4 Å². The Morgan fingerprint density at radius 1 is 1.35 bits per heavy atom. The van der Waals surface area contributed by atoms with Gasteiger partial charge in [0.2, 0.25) is 0 Å². The number of urea groups is 1. The Morgan fingerprint density at radius 2 is 2.08 bits per heavy atom. The Hall–Kier alpha value is -2.54. The SMILES string of the molecule is COc1ccc(-n2cc(C(C)NC(=O)N3CCOC(C)(C)C3)cn2)cc1. The number of aromatic nitrogens is 2. The molecule has 1 aromatic carbocycles. The lowest BCUT2D eigenvalue weighted by molar-refractivity contribution is -0.0735. The fourth-order valence-corrected chi connectivity index (χ4v) is 2.99. The summed E-state index contributed by atoms with van der Waals surface area (Å²) in [7, 11) is 1.64. The summed E-state index contributed by atoms with van der Waals surface area (Å²) in [5, 5.41) is 7.44. The molecule has 1 aliphatic heterocycles. The number of carbonyl (C=O) groups is 1. The van der Waals surface area contributed by atoms with Gasteiger partial charge >= 0.3 is 6.03 Å². The van der Waals surface area contributed by atoms with Crippen LogP contribution in [0.5, 0.6) is 5.75 Å². The molecule has 7 heteroatoms. The molecule has 140 valence electrons. The molecule has 1 fully saturated rings. The molecule has 3 rings (SSSR count).